The van der Waals surface area contributed by atoms with E-state index in [1.165, 1.54) is 55.1 Å². The lowest BCUT2D eigenvalue weighted by Crippen LogP contribution is -2.22. The van der Waals surface area contributed by atoms with Gasteiger partial charge in [0.05, 0.1) is 5.92 Å². The summed E-state index contributed by atoms with van der Waals surface area (Å²) in [6.07, 6.45) is 4.07. The highest BCUT2D eigenvalue weighted by molar-refractivity contribution is 7.26. The summed E-state index contributed by atoms with van der Waals surface area (Å²) in [6.45, 7) is 0. The summed E-state index contributed by atoms with van der Waals surface area (Å²) in [6, 6.07) is 109. The van der Waals surface area contributed by atoms with Gasteiger partial charge in [0.15, 0.2) is 34.9 Å². The molecule has 1 aliphatic carbocycles. The van der Waals surface area contributed by atoms with E-state index in [1.807, 2.05) is 59.9 Å². The van der Waals surface area contributed by atoms with Crippen LogP contribution in [0.1, 0.15) is 22.9 Å². The number of furan rings is 2. The van der Waals surface area contributed by atoms with Crippen molar-refractivity contribution in [3.63, 3.8) is 0 Å². The molecule has 23 rings (SSSR count). The van der Waals surface area contributed by atoms with Crippen LogP contribution in [-0.2, 0) is 0 Å². The molecule has 108 heavy (non-hydrogen) atoms. The first-order valence-corrected chi connectivity index (χ1v) is 38.4. The van der Waals surface area contributed by atoms with Crippen LogP contribution in [0.2, 0.25) is 0 Å². The molecule has 502 valence electrons. The molecule has 0 radical (unpaired) electrons. The Morgan fingerprint density at radius 1 is 0.315 bits per heavy atom. The number of para-hydroxylation sites is 2. The van der Waals surface area contributed by atoms with Crippen LogP contribution in [0.15, 0.2) is 312 Å². The first kappa shape index (κ1) is 60.8. The first-order valence-electron chi connectivity index (χ1n) is 35.9. The molecule has 7 aromatic heterocycles. The molecule has 9 nitrogen and oxygen atoms in total. The fourth-order valence-corrected chi connectivity index (χ4v) is 20.0. The van der Waals surface area contributed by atoms with Crippen molar-refractivity contribution in [2.45, 2.75) is 12.0 Å². The summed E-state index contributed by atoms with van der Waals surface area (Å²) in [5.41, 5.74) is 17.9. The standard InChI is InChI=1S/C96H52N6O3S3/c1-3-18-53(19-4-1)54-38-40-56(41-39-54)92-99-94(70-30-17-37-81-85(70)68-24-9-12-35-79(68)106-81)102-96(101-92)89-64(47-49-77-87(89)67-23-7-10-31-73(67)103-77)65-27-13-28-66-72-50-57(44-48-74(72)105-90(65)66)58-42-46-69-83(51-58)108-80-36-16-26-62(84(69)80)63-25-14-32-75-86(63)88-71(29-15-33-76(88)104-75)95-98-91(55-20-5-2-6-21-55)97-93(100-95)59-43-45-61-60-22-8-11-34-78(60)107-82(61)52-59/h1-3,5-18,20-52,77,87H. The van der Waals surface area contributed by atoms with Crippen molar-refractivity contribution in [3.05, 3.63) is 332 Å². The average Bonchev–Trinajstić information content (AvgIpc) is 1.54. The third-order valence-corrected chi connectivity index (χ3v) is 24.9. The highest BCUT2D eigenvalue weighted by Gasteiger charge is 2.42. The molecule has 0 saturated heterocycles. The molecule has 0 amide bonds. The van der Waals surface area contributed by atoms with Crippen molar-refractivity contribution < 1.29 is 13.6 Å². The zero-order chi connectivity index (χ0) is 70.7. The van der Waals surface area contributed by atoms with Crippen LogP contribution < -0.4 is 4.74 Å². The van der Waals surface area contributed by atoms with Gasteiger partial charge in [0.1, 0.15) is 34.2 Å². The van der Waals surface area contributed by atoms with Gasteiger partial charge >= 0.3 is 0 Å². The quantitative estimate of drug-likeness (QED) is 0.132. The van der Waals surface area contributed by atoms with Crippen LogP contribution in [0.5, 0.6) is 5.75 Å². The largest absolute Gasteiger partial charge is 0.485 e. The van der Waals surface area contributed by atoms with Crippen molar-refractivity contribution in [2.24, 2.45) is 0 Å². The summed E-state index contributed by atoms with van der Waals surface area (Å²) in [7, 11) is 0. The third-order valence-electron chi connectivity index (χ3n) is 21.5. The lowest BCUT2D eigenvalue weighted by Gasteiger charge is -2.26. The molecule has 2 unspecified atom stereocenters. The molecule has 21 aromatic rings. The molecular formula is C96H52N6O3S3. The Bertz CT molecular complexity index is 7430. The fraction of sp³-hybridized carbons (Fsp3) is 0.0208. The molecule has 2 aliphatic rings. The molecule has 8 heterocycles. The molecular weight excluding hydrogens is 1380 g/mol. The van der Waals surface area contributed by atoms with E-state index in [0.29, 0.717) is 34.9 Å². The van der Waals surface area contributed by atoms with Crippen molar-refractivity contribution in [1.82, 2.24) is 29.9 Å². The molecule has 0 bridgehead atoms. The second-order valence-electron chi connectivity index (χ2n) is 27.6. The molecule has 0 fully saturated rings. The maximum absolute atomic E-state index is 7.15. The topological polar surface area (TPSA) is 113 Å². The van der Waals surface area contributed by atoms with Gasteiger partial charge in [-0.1, -0.05) is 231 Å². The SMILES string of the molecule is c1cccc(-c2ccc(-c3nc(C4=C(c5cccc6c5oc5ccc(-c7ccc8c(c7)sc7cccc(-c9cccc%10oc%11cccc(-c%12nc(-c%13ccccc%13)nc(-c%13ccc%14c(c%13)sc%13ccccc%13%14)n%12)c%11c9%10)c78)cc56)C=CC5Oc6ccccc6C45)nc(-c4cccc5sc6ccccc6c45)n3)cc2)c#1. The highest BCUT2D eigenvalue weighted by Crippen LogP contribution is 2.54. The van der Waals surface area contributed by atoms with Crippen LogP contribution in [0.3, 0.4) is 0 Å². The summed E-state index contributed by atoms with van der Waals surface area (Å²) in [4.78, 5) is 32.5. The van der Waals surface area contributed by atoms with Crippen molar-refractivity contribution in [2.75, 3.05) is 0 Å². The lowest BCUT2D eigenvalue weighted by atomic mass is 9.79. The van der Waals surface area contributed by atoms with Gasteiger partial charge in [-0.25, -0.2) is 29.9 Å². The Kier molecular flexibility index (Phi) is 13.5. The Hall–Kier alpha value is -13.5. The van der Waals surface area contributed by atoms with Crippen LogP contribution >= 0.6 is 34.0 Å². The second kappa shape index (κ2) is 24.0. The lowest BCUT2D eigenvalue weighted by molar-refractivity contribution is 0.271. The minimum atomic E-state index is -0.312. The summed E-state index contributed by atoms with van der Waals surface area (Å²) >= 11 is 5.38. The number of fused-ring (bicyclic) bond motifs is 18. The Morgan fingerprint density at radius 2 is 0.833 bits per heavy atom. The Balaban J connectivity index is 0.647. The van der Waals surface area contributed by atoms with E-state index in [0.717, 1.165) is 138 Å². The Morgan fingerprint density at radius 3 is 1.64 bits per heavy atom. The molecule has 0 spiro atoms. The van der Waals surface area contributed by atoms with E-state index in [9.17, 15) is 0 Å². The van der Waals surface area contributed by atoms with E-state index < -0.39 is 0 Å². The average molecular weight is 1430 g/mol. The van der Waals surface area contributed by atoms with E-state index in [1.54, 1.807) is 22.7 Å². The predicted octanol–water partition coefficient (Wildman–Crippen LogP) is 25.9. The monoisotopic (exact) mass is 1430 g/mol. The van der Waals surface area contributed by atoms with E-state index in [-0.39, 0.29) is 12.0 Å². The molecule has 2 atom stereocenters. The van der Waals surface area contributed by atoms with Gasteiger partial charge in [0.2, 0.25) is 0 Å². The van der Waals surface area contributed by atoms with Crippen molar-refractivity contribution in [1.29, 1.82) is 0 Å². The second-order valence-corrected chi connectivity index (χ2v) is 30.8. The molecule has 14 aromatic carbocycles. The van der Waals surface area contributed by atoms with Gasteiger partial charge in [-0.3, -0.25) is 0 Å². The minimum Gasteiger partial charge on any atom is -0.485 e. The zero-order valence-corrected chi connectivity index (χ0v) is 59.6. The molecule has 12 heteroatoms. The van der Waals surface area contributed by atoms with Crippen LogP contribution in [0.25, 0.3) is 206 Å². The smallest absolute Gasteiger partial charge is 0.164 e. The van der Waals surface area contributed by atoms with Gasteiger partial charge in [0.25, 0.3) is 0 Å². The predicted molar refractivity (Wildman–Crippen MR) is 444 cm³/mol. The number of allylic oxidation sites excluding steroid dienone is 2. The number of nitrogens with zero attached hydrogens (tertiary/aromatic N) is 6. The zero-order valence-electron chi connectivity index (χ0n) is 57.2. The number of rotatable bonds is 10. The normalized spacial score (nSPS) is 14.2. The number of ether oxygens (including phenoxy) is 1. The number of hydrogen-bond donors (Lipinski definition) is 0. The molecule has 0 saturated carbocycles. The van der Waals surface area contributed by atoms with Crippen LogP contribution in [-0.4, -0.2) is 36.0 Å². The number of aromatic nitrogens is 6. The van der Waals surface area contributed by atoms with E-state index in [2.05, 4.69) is 267 Å². The fourth-order valence-electron chi connectivity index (χ4n) is 16.6. The van der Waals surface area contributed by atoms with E-state index in [4.69, 9.17) is 43.5 Å². The van der Waals surface area contributed by atoms with Gasteiger partial charge in [-0.05, 0) is 118 Å². The van der Waals surface area contributed by atoms with Gasteiger partial charge in [0, 0.05) is 132 Å². The summed E-state index contributed by atoms with van der Waals surface area (Å²) in [5.74, 6) is 4.08. The van der Waals surface area contributed by atoms with Gasteiger partial charge < -0.3 is 13.6 Å². The summed E-state index contributed by atoms with van der Waals surface area (Å²) < 4.78 is 28.0. The first-order chi connectivity index (χ1) is 53.5. The third kappa shape index (κ3) is 9.63. The van der Waals surface area contributed by atoms with Gasteiger partial charge in [-0.2, -0.15) is 0 Å². The number of thiophene rings is 3. The van der Waals surface area contributed by atoms with Crippen molar-refractivity contribution >= 4 is 150 Å². The summed E-state index contributed by atoms with van der Waals surface area (Å²) in [5, 5.41) is 11.1. The Labute approximate surface area is 629 Å². The highest BCUT2D eigenvalue weighted by atomic mass is 32.1. The molecule has 1 aliphatic heterocycles. The minimum absolute atomic E-state index is 0.260. The maximum Gasteiger partial charge on any atom is 0.164 e. The van der Waals surface area contributed by atoms with Gasteiger partial charge in [-0.15, -0.1) is 34.0 Å². The van der Waals surface area contributed by atoms with Crippen molar-refractivity contribution in [3.8, 4) is 96.1 Å². The van der Waals surface area contributed by atoms with Crippen LogP contribution in [0, 0.1) is 12.1 Å². The maximum atomic E-state index is 7.15. The van der Waals surface area contributed by atoms with Crippen LogP contribution in [0.4, 0.5) is 0 Å². The number of benzene rings is 13. The molecule has 0 N–H and O–H groups in total. The van der Waals surface area contributed by atoms with E-state index >= 15 is 0 Å². The number of hydrogen-bond acceptors (Lipinski definition) is 12.